The van der Waals surface area contributed by atoms with E-state index in [1.807, 2.05) is 0 Å². The number of rotatable bonds is 42. The summed E-state index contributed by atoms with van der Waals surface area (Å²) in [6, 6.07) is 0. The van der Waals surface area contributed by atoms with Gasteiger partial charge in [0.25, 0.3) is 0 Å². The van der Waals surface area contributed by atoms with E-state index in [1.165, 1.54) is 6.26 Å². The molecular formula is C32H60O16. The molecule has 0 atom stereocenters. The van der Waals surface area contributed by atoms with Gasteiger partial charge in [-0.1, -0.05) is 6.58 Å². The molecule has 0 heterocycles. The van der Waals surface area contributed by atoms with E-state index in [0.29, 0.717) is 158 Å². The van der Waals surface area contributed by atoms with E-state index in [2.05, 4.69) is 6.58 Å². The maximum absolute atomic E-state index is 11.5. The second-order valence-corrected chi connectivity index (χ2v) is 9.59. The summed E-state index contributed by atoms with van der Waals surface area (Å²) in [6.07, 6.45) is 2.62. The molecule has 16 heteroatoms. The van der Waals surface area contributed by atoms with Crippen LogP contribution in [0.15, 0.2) is 12.8 Å². The Morgan fingerprint density at radius 3 is 0.917 bits per heavy atom. The molecule has 0 aromatic rings. The monoisotopic (exact) mass is 700 g/mol. The van der Waals surface area contributed by atoms with Crippen LogP contribution in [0.25, 0.3) is 0 Å². The van der Waals surface area contributed by atoms with E-state index in [9.17, 15) is 9.59 Å². The molecule has 0 rings (SSSR count). The summed E-state index contributed by atoms with van der Waals surface area (Å²) >= 11 is 0. The van der Waals surface area contributed by atoms with Crippen molar-refractivity contribution in [1.29, 1.82) is 0 Å². The summed E-state index contributed by atoms with van der Waals surface area (Å²) in [5.74, 6) is -1.21. The van der Waals surface area contributed by atoms with Crippen molar-refractivity contribution in [3.05, 3.63) is 12.8 Å². The van der Waals surface area contributed by atoms with E-state index in [-0.39, 0.29) is 32.0 Å². The van der Waals surface area contributed by atoms with Crippen LogP contribution in [0.2, 0.25) is 0 Å². The number of hydrogen-bond donors (Lipinski definition) is 1. The fraction of sp³-hybridized carbons (Fsp3) is 0.875. The molecule has 0 radical (unpaired) electrons. The normalized spacial score (nSPS) is 11.2. The minimum absolute atomic E-state index is 0.0587. The minimum Gasteiger partial charge on any atom is -0.499 e. The van der Waals surface area contributed by atoms with Gasteiger partial charge in [0, 0.05) is 12.8 Å². The summed E-state index contributed by atoms with van der Waals surface area (Å²) in [5, 5.41) is 8.55. The molecule has 0 aromatic heterocycles. The lowest BCUT2D eigenvalue weighted by Gasteiger charge is -2.09. The predicted octanol–water partition coefficient (Wildman–Crippen LogP) is 1.52. The molecule has 284 valence electrons. The zero-order chi connectivity index (χ0) is 34.9. The fourth-order valence-corrected chi connectivity index (χ4v) is 3.32. The number of hydrogen-bond acceptors (Lipinski definition) is 15. The van der Waals surface area contributed by atoms with Gasteiger partial charge in [0.05, 0.1) is 152 Å². The fourth-order valence-electron chi connectivity index (χ4n) is 3.32. The third-order valence-electron chi connectivity index (χ3n) is 5.70. The number of carbonyl (C=O) groups excluding carboxylic acids is 1. The molecule has 0 aliphatic heterocycles. The molecule has 0 saturated carbocycles. The first-order chi connectivity index (χ1) is 23.7. The molecule has 0 amide bonds. The van der Waals surface area contributed by atoms with Gasteiger partial charge < -0.3 is 66.7 Å². The Morgan fingerprint density at radius 2 is 0.646 bits per heavy atom. The van der Waals surface area contributed by atoms with Gasteiger partial charge in [-0.25, -0.2) is 0 Å². The Labute approximate surface area is 285 Å². The number of carbonyl (C=O) groups is 2. The maximum atomic E-state index is 11.5. The van der Waals surface area contributed by atoms with Crippen molar-refractivity contribution in [2.75, 3.05) is 159 Å². The molecule has 0 saturated heterocycles. The quantitative estimate of drug-likeness (QED) is 0.0551. The van der Waals surface area contributed by atoms with E-state index in [4.69, 9.17) is 66.7 Å². The number of ether oxygens (including phenoxy) is 13. The molecule has 0 aliphatic rings. The van der Waals surface area contributed by atoms with Gasteiger partial charge in [-0.2, -0.15) is 0 Å². The Hall–Kier alpha value is -1.96. The van der Waals surface area contributed by atoms with Crippen LogP contribution < -0.4 is 0 Å². The van der Waals surface area contributed by atoms with Gasteiger partial charge in [-0.15, -0.1) is 0 Å². The van der Waals surface area contributed by atoms with E-state index in [1.54, 1.807) is 0 Å². The predicted molar refractivity (Wildman–Crippen MR) is 172 cm³/mol. The second kappa shape index (κ2) is 41.2. The van der Waals surface area contributed by atoms with Gasteiger partial charge >= 0.3 is 11.9 Å². The van der Waals surface area contributed by atoms with Crippen molar-refractivity contribution >= 4 is 11.9 Å². The van der Waals surface area contributed by atoms with Crippen LogP contribution in [-0.2, 0) is 71.2 Å². The SMILES string of the molecule is C=COCCOCCOCCOCCOCCOCCOCCOCCOCCOCCOCCOCCOC(=O)CCCCC(=O)O. The maximum Gasteiger partial charge on any atom is 0.305 e. The smallest absolute Gasteiger partial charge is 0.305 e. The molecule has 0 aromatic carbocycles. The topological polar surface area (TPSA) is 174 Å². The standard InChI is InChI=1S/C32H60O16/c1-2-36-7-8-37-9-10-38-11-12-39-13-14-40-15-16-41-17-18-42-19-20-43-21-22-44-23-24-45-25-26-46-27-28-47-29-30-48-32(35)6-4-3-5-31(33)34/h2H,1,3-30H2,(H,33,34). The highest BCUT2D eigenvalue weighted by Crippen LogP contribution is 2.01. The summed E-state index contributed by atoms with van der Waals surface area (Å²) in [4.78, 5) is 21.9. The number of unbranched alkanes of at least 4 members (excludes halogenated alkanes) is 1. The highest BCUT2D eigenvalue weighted by Gasteiger charge is 2.04. The number of carboxylic acids is 1. The molecule has 0 aliphatic carbocycles. The summed E-state index contributed by atoms with van der Waals surface area (Å²) < 4.78 is 69.5. The average Bonchev–Trinajstić information content (AvgIpc) is 3.08. The molecule has 0 unspecified atom stereocenters. The van der Waals surface area contributed by atoms with Gasteiger partial charge in [-0.3, -0.25) is 9.59 Å². The van der Waals surface area contributed by atoms with Crippen molar-refractivity contribution in [3.8, 4) is 0 Å². The van der Waals surface area contributed by atoms with E-state index in [0.717, 1.165) is 0 Å². The first-order valence-electron chi connectivity index (χ1n) is 16.6. The number of aliphatic carboxylic acids is 1. The third kappa shape index (κ3) is 42.1. The molecule has 0 bridgehead atoms. The van der Waals surface area contributed by atoms with Crippen LogP contribution >= 0.6 is 0 Å². The van der Waals surface area contributed by atoms with Crippen LogP contribution in [0.4, 0.5) is 0 Å². The van der Waals surface area contributed by atoms with Gasteiger partial charge in [-0.05, 0) is 12.8 Å². The molecule has 48 heavy (non-hydrogen) atoms. The van der Waals surface area contributed by atoms with Crippen LogP contribution in [0.3, 0.4) is 0 Å². The van der Waals surface area contributed by atoms with Crippen molar-refractivity contribution in [2.45, 2.75) is 25.7 Å². The van der Waals surface area contributed by atoms with Gasteiger partial charge in [0.1, 0.15) is 13.2 Å². The molecule has 16 nitrogen and oxygen atoms in total. The number of carboxylic acid groups (broad SMARTS) is 1. The lowest BCUT2D eigenvalue weighted by molar-refractivity contribution is -0.146. The molecule has 0 fully saturated rings. The largest absolute Gasteiger partial charge is 0.499 e. The van der Waals surface area contributed by atoms with E-state index < -0.39 is 5.97 Å². The zero-order valence-electron chi connectivity index (χ0n) is 28.7. The van der Waals surface area contributed by atoms with Crippen LogP contribution in [0, 0.1) is 0 Å². The minimum atomic E-state index is -0.864. The summed E-state index contributed by atoms with van der Waals surface area (Å²) in [7, 11) is 0. The van der Waals surface area contributed by atoms with Crippen molar-refractivity contribution < 1.29 is 76.3 Å². The lowest BCUT2D eigenvalue weighted by atomic mass is 10.2. The van der Waals surface area contributed by atoms with Crippen LogP contribution in [0.1, 0.15) is 25.7 Å². The van der Waals surface area contributed by atoms with Crippen LogP contribution in [0.5, 0.6) is 0 Å². The summed E-state index contributed by atoms with van der Waals surface area (Å²) in [5.41, 5.74) is 0. The molecule has 0 spiro atoms. The highest BCUT2D eigenvalue weighted by molar-refractivity contribution is 5.69. The second-order valence-electron chi connectivity index (χ2n) is 9.59. The van der Waals surface area contributed by atoms with Gasteiger partial charge in [0.2, 0.25) is 0 Å². The van der Waals surface area contributed by atoms with Crippen molar-refractivity contribution in [2.24, 2.45) is 0 Å². The Kier molecular flexibility index (Phi) is 39.5. The lowest BCUT2D eigenvalue weighted by Crippen LogP contribution is -2.15. The molecule has 1 N–H and O–H groups in total. The summed E-state index contributed by atoms with van der Waals surface area (Å²) in [6.45, 7) is 14.5. The Bertz CT molecular complexity index is 685. The van der Waals surface area contributed by atoms with Crippen molar-refractivity contribution in [1.82, 2.24) is 0 Å². The molecular weight excluding hydrogens is 640 g/mol. The Morgan fingerprint density at radius 1 is 0.396 bits per heavy atom. The Balaban J connectivity index is 3.09. The van der Waals surface area contributed by atoms with E-state index >= 15 is 0 Å². The zero-order valence-corrected chi connectivity index (χ0v) is 28.7. The third-order valence-corrected chi connectivity index (χ3v) is 5.70. The van der Waals surface area contributed by atoms with Gasteiger partial charge in [0.15, 0.2) is 0 Å². The van der Waals surface area contributed by atoms with Crippen molar-refractivity contribution in [3.63, 3.8) is 0 Å². The average molecular weight is 701 g/mol. The van der Waals surface area contributed by atoms with Crippen LogP contribution in [-0.4, -0.2) is 176 Å². The first-order valence-corrected chi connectivity index (χ1v) is 16.6. The highest BCUT2D eigenvalue weighted by atomic mass is 16.6. The first kappa shape index (κ1) is 46.0. The number of esters is 1.